The van der Waals surface area contributed by atoms with Crippen molar-refractivity contribution in [2.45, 2.75) is 38.1 Å². The van der Waals surface area contributed by atoms with Gasteiger partial charge in [0.05, 0.1) is 0 Å². The summed E-state index contributed by atoms with van der Waals surface area (Å²) in [6.45, 7) is 6.55. The number of carbonyl (C=O) groups is 1. The predicted octanol–water partition coefficient (Wildman–Crippen LogP) is 0.258. The number of hydrogen-bond acceptors (Lipinski definition) is 4. The van der Waals surface area contributed by atoms with Gasteiger partial charge in [-0.3, -0.25) is 4.79 Å². The lowest BCUT2D eigenvalue weighted by atomic mass is 9.86. The standard InChI is InChI=1S/C15H30N4O/c1-18-9-11-19(12-10-18)8-2-7-17-15(20)13-3-5-14(16)6-4-13/h13-14H,2-12,16H2,1H3,(H,17,20). The average Bonchev–Trinajstić information content (AvgIpc) is 2.46. The van der Waals surface area contributed by atoms with Gasteiger partial charge in [0.2, 0.25) is 5.91 Å². The lowest BCUT2D eigenvalue weighted by molar-refractivity contribution is -0.126. The number of piperazine rings is 1. The van der Waals surface area contributed by atoms with E-state index < -0.39 is 0 Å². The highest BCUT2D eigenvalue weighted by molar-refractivity contribution is 5.78. The quantitative estimate of drug-likeness (QED) is 0.710. The topological polar surface area (TPSA) is 61.6 Å². The Hall–Kier alpha value is -0.650. The van der Waals surface area contributed by atoms with Crippen molar-refractivity contribution >= 4 is 5.91 Å². The van der Waals surface area contributed by atoms with Crippen molar-refractivity contribution in [1.29, 1.82) is 0 Å². The molecule has 1 saturated carbocycles. The summed E-state index contributed by atoms with van der Waals surface area (Å²) in [6.07, 6.45) is 4.98. The molecule has 0 unspecified atom stereocenters. The van der Waals surface area contributed by atoms with Crippen molar-refractivity contribution < 1.29 is 4.79 Å². The maximum atomic E-state index is 12.0. The second-order valence-corrected chi connectivity index (χ2v) is 6.40. The second-order valence-electron chi connectivity index (χ2n) is 6.40. The van der Waals surface area contributed by atoms with Crippen LogP contribution in [0.3, 0.4) is 0 Å². The van der Waals surface area contributed by atoms with Gasteiger partial charge in [-0.15, -0.1) is 0 Å². The van der Waals surface area contributed by atoms with Crippen LogP contribution in [0.25, 0.3) is 0 Å². The third-order valence-electron chi connectivity index (χ3n) is 4.69. The molecule has 1 saturated heterocycles. The van der Waals surface area contributed by atoms with Gasteiger partial charge in [-0.05, 0) is 45.7 Å². The average molecular weight is 282 g/mol. The fourth-order valence-electron chi connectivity index (χ4n) is 3.11. The van der Waals surface area contributed by atoms with Crippen LogP contribution in [-0.4, -0.2) is 68.1 Å². The van der Waals surface area contributed by atoms with E-state index in [1.807, 2.05) is 0 Å². The molecule has 0 bridgehead atoms. The Morgan fingerprint density at radius 3 is 2.45 bits per heavy atom. The Labute approximate surface area is 122 Å². The molecule has 0 spiro atoms. The summed E-state index contributed by atoms with van der Waals surface area (Å²) in [6, 6.07) is 0.316. The van der Waals surface area contributed by atoms with Crippen LogP contribution in [0.2, 0.25) is 0 Å². The first-order valence-electron chi connectivity index (χ1n) is 8.09. The van der Waals surface area contributed by atoms with E-state index in [4.69, 9.17) is 5.73 Å². The van der Waals surface area contributed by atoms with Crippen LogP contribution in [0.4, 0.5) is 0 Å². The number of carbonyl (C=O) groups excluding carboxylic acids is 1. The minimum absolute atomic E-state index is 0.207. The molecule has 1 aliphatic heterocycles. The van der Waals surface area contributed by atoms with E-state index in [0.29, 0.717) is 6.04 Å². The number of likely N-dealkylation sites (N-methyl/N-ethyl adjacent to an activating group) is 1. The van der Waals surface area contributed by atoms with Crippen LogP contribution in [0.5, 0.6) is 0 Å². The van der Waals surface area contributed by atoms with E-state index in [-0.39, 0.29) is 11.8 Å². The highest BCUT2D eigenvalue weighted by Crippen LogP contribution is 2.23. The number of hydrogen-bond donors (Lipinski definition) is 2. The third-order valence-corrected chi connectivity index (χ3v) is 4.69. The van der Waals surface area contributed by atoms with E-state index in [1.165, 1.54) is 0 Å². The number of nitrogens with two attached hydrogens (primary N) is 1. The van der Waals surface area contributed by atoms with E-state index >= 15 is 0 Å². The lowest BCUT2D eigenvalue weighted by Gasteiger charge is -2.32. The third kappa shape index (κ3) is 5.04. The molecule has 0 aromatic heterocycles. The Morgan fingerprint density at radius 2 is 1.80 bits per heavy atom. The van der Waals surface area contributed by atoms with Crippen LogP contribution in [-0.2, 0) is 4.79 Å². The van der Waals surface area contributed by atoms with E-state index in [0.717, 1.165) is 71.4 Å². The SMILES string of the molecule is CN1CCN(CCCNC(=O)C2CCC(N)CC2)CC1. The van der Waals surface area contributed by atoms with Crippen LogP contribution in [0, 0.1) is 5.92 Å². The first kappa shape index (κ1) is 15.7. The van der Waals surface area contributed by atoms with Gasteiger partial charge in [0.25, 0.3) is 0 Å². The van der Waals surface area contributed by atoms with Gasteiger partial charge in [-0.2, -0.15) is 0 Å². The monoisotopic (exact) mass is 282 g/mol. The predicted molar refractivity (Wildman–Crippen MR) is 81.5 cm³/mol. The zero-order valence-corrected chi connectivity index (χ0v) is 12.8. The molecule has 0 aromatic carbocycles. The molecule has 2 rings (SSSR count). The normalized spacial score (nSPS) is 29.3. The summed E-state index contributed by atoms with van der Waals surface area (Å²) in [5, 5.41) is 3.10. The maximum Gasteiger partial charge on any atom is 0.223 e. The zero-order valence-electron chi connectivity index (χ0n) is 12.8. The summed E-state index contributed by atoms with van der Waals surface area (Å²) in [5.41, 5.74) is 5.87. The zero-order chi connectivity index (χ0) is 14.4. The molecule has 116 valence electrons. The molecule has 0 aromatic rings. The minimum Gasteiger partial charge on any atom is -0.356 e. The first-order chi connectivity index (χ1) is 9.65. The lowest BCUT2D eigenvalue weighted by Crippen LogP contribution is -2.45. The van der Waals surface area contributed by atoms with Crippen molar-refractivity contribution in [3.63, 3.8) is 0 Å². The van der Waals surface area contributed by atoms with E-state index in [2.05, 4.69) is 22.2 Å². The smallest absolute Gasteiger partial charge is 0.223 e. The summed E-state index contributed by atoms with van der Waals surface area (Å²) in [4.78, 5) is 16.9. The molecule has 0 radical (unpaired) electrons. The Kier molecular flexibility index (Phi) is 6.26. The number of nitrogens with zero attached hydrogens (tertiary/aromatic N) is 2. The molecule has 1 amide bonds. The van der Waals surface area contributed by atoms with Gasteiger partial charge in [0.15, 0.2) is 0 Å². The van der Waals surface area contributed by atoms with Gasteiger partial charge >= 0.3 is 0 Å². The maximum absolute atomic E-state index is 12.0. The molecule has 0 atom stereocenters. The van der Waals surface area contributed by atoms with Crippen LogP contribution >= 0.6 is 0 Å². The van der Waals surface area contributed by atoms with Gasteiger partial charge < -0.3 is 20.9 Å². The highest BCUT2D eigenvalue weighted by atomic mass is 16.1. The van der Waals surface area contributed by atoms with Crippen molar-refractivity contribution in [3.05, 3.63) is 0 Å². The molecule has 1 aliphatic carbocycles. The first-order valence-corrected chi connectivity index (χ1v) is 8.09. The van der Waals surface area contributed by atoms with Crippen molar-refractivity contribution in [2.75, 3.05) is 46.3 Å². The van der Waals surface area contributed by atoms with E-state index in [9.17, 15) is 4.79 Å². The summed E-state index contributed by atoms with van der Waals surface area (Å²) >= 11 is 0. The number of amides is 1. The number of rotatable bonds is 5. The highest BCUT2D eigenvalue weighted by Gasteiger charge is 2.24. The van der Waals surface area contributed by atoms with Crippen LogP contribution < -0.4 is 11.1 Å². The van der Waals surface area contributed by atoms with Crippen LogP contribution in [0.1, 0.15) is 32.1 Å². The number of nitrogens with one attached hydrogen (secondary N) is 1. The summed E-state index contributed by atoms with van der Waals surface area (Å²) in [7, 11) is 2.17. The fourth-order valence-corrected chi connectivity index (χ4v) is 3.11. The van der Waals surface area contributed by atoms with Gasteiger partial charge in [0, 0.05) is 44.7 Å². The van der Waals surface area contributed by atoms with Crippen molar-refractivity contribution in [3.8, 4) is 0 Å². The Bertz CT molecular complexity index is 294. The van der Waals surface area contributed by atoms with E-state index in [1.54, 1.807) is 0 Å². The molecule has 5 heteroatoms. The molecular weight excluding hydrogens is 252 g/mol. The molecule has 5 nitrogen and oxygen atoms in total. The Morgan fingerprint density at radius 1 is 1.15 bits per heavy atom. The molecule has 3 N–H and O–H groups in total. The Balaban J connectivity index is 1.53. The van der Waals surface area contributed by atoms with Gasteiger partial charge in [0.1, 0.15) is 0 Å². The van der Waals surface area contributed by atoms with Crippen LogP contribution in [0.15, 0.2) is 0 Å². The summed E-state index contributed by atoms with van der Waals surface area (Å²) < 4.78 is 0. The van der Waals surface area contributed by atoms with Crippen molar-refractivity contribution in [1.82, 2.24) is 15.1 Å². The molecule has 2 fully saturated rings. The molecule has 20 heavy (non-hydrogen) atoms. The molecule has 2 aliphatic rings. The fraction of sp³-hybridized carbons (Fsp3) is 0.933. The second kappa shape index (κ2) is 7.96. The van der Waals surface area contributed by atoms with Crippen molar-refractivity contribution in [2.24, 2.45) is 11.7 Å². The molecular formula is C15H30N4O. The summed E-state index contributed by atoms with van der Waals surface area (Å²) in [5.74, 6) is 0.453. The largest absolute Gasteiger partial charge is 0.356 e. The van der Waals surface area contributed by atoms with Gasteiger partial charge in [-0.1, -0.05) is 0 Å². The minimum atomic E-state index is 0.207. The van der Waals surface area contributed by atoms with Gasteiger partial charge in [-0.25, -0.2) is 0 Å². The molecule has 1 heterocycles.